The summed E-state index contributed by atoms with van der Waals surface area (Å²) in [5.41, 5.74) is -0.673. The van der Waals surface area contributed by atoms with Gasteiger partial charge in [-0.25, -0.2) is 9.78 Å². The number of pyridine rings is 1. The van der Waals surface area contributed by atoms with Crippen molar-refractivity contribution in [1.82, 2.24) is 4.98 Å². The Hall–Kier alpha value is -2.62. The summed E-state index contributed by atoms with van der Waals surface area (Å²) >= 11 is 0. The van der Waals surface area contributed by atoms with Crippen LogP contribution in [0.2, 0.25) is 0 Å². The van der Waals surface area contributed by atoms with E-state index in [1.54, 1.807) is 0 Å². The monoisotopic (exact) mass is 221 g/mol. The molecule has 0 aromatic carbocycles. The number of carbonyl (C=O) groups is 1. The summed E-state index contributed by atoms with van der Waals surface area (Å²) in [6.45, 7) is 0.0884. The molecule has 0 bridgehead atoms. The molecule has 0 aliphatic heterocycles. The number of rotatable bonds is 4. The van der Waals surface area contributed by atoms with E-state index in [2.05, 4.69) is 16.2 Å². The normalized spacial score (nSPS) is 9.19. The van der Waals surface area contributed by atoms with Gasteiger partial charge in [0, 0.05) is 6.07 Å². The first-order chi connectivity index (χ1) is 7.56. The second-order valence-electron chi connectivity index (χ2n) is 2.71. The zero-order chi connectivity index (χ0) is 12.1. The molecule has 1 heterocycles. The van der Waals surface area contributed by atoms with Crippen molar-refractivity contribution in [2.24, 2.45) is 0 Å². The number of carboxylic acids is 1. The molecular formula is C9H7N3O4. The highest BCUT2D eigenvalue weighted by Crippen LogP contribution is 2.18. The average molecular weight is 221 g/mol. The molecule has 7 heteroatoms. The number of nitro groups is 1. The molecule has 1 rings (SSSR count). The quantitative estimate of drug-likeness (QED) is 0.441. The van der Waals surface area contributed by atoms with Crippen molar-refractivity contribution in [3.05, 3.63) is 27.9 Å². The highest BCUT2D eigenvalue weighted by molar-refractivity contribution is 5.93. The van der Waals surface area contributed by atoms with Crippen LogP contribution in [0.25, 0.3) is 0 Å². The summed E-state index contributed by atoms with van der Waals surface area (Å²) < 4.78 is 0. The van der Waals surface area contributed by atoms with Crippen LogP contribution in [-0.4, -0.2) is 27.5 Å². The van der Waals surface area contributed by atoms with Crippen LogP contribution in [0, 0.1) is 22.5 Å². The van der Waals surface area contributed by atoms with Crippen LogP contribution in [0.5, 0.6) is 0 Å². The minimum atomic E-state index is -1.31. The molecular weight excluding hydrogens is 214 g/mol. The van der Waals surface area contributed by atoms with Gasteiger partial charge < -0.3 is 10.4 Å². The Kier molecular flexibility index (Phi) is 3.40. The Morgan fingerprint density at radius 1 is 1.75 bits per heavy atom. The summed E-state index contributed by atoms with van der Waals surface area (Å²) in [7, 11) is 0. The predicted octanol–water partition coefficient (Wildman–Crippen LogP) is 0.733. The topological polar surface area (TPSA) is 105 Å². The zero-order valence-electron chi connectivity index (χ0n) is 8.01. The smallest absolute Gasteiger partial charge is 0.339 e. The summed E-state index contributed by atoms with van der Waals surface area (Å²) in [6.07, 6.45) is 5.95. The number of nitrogens with zero attached hydrogens (tertiary/aromatic N) is 2. The van der Waals surface area contributed by atoms with Crippen molar-refractivity contribution in [1.29, 1.82) is 0 Å². The minimum absolute atomic E-state index is 0.0102. The van der Waals surface area contributed by atoms with E-state index in [0.717, 1.165) is 12.3 Å². The molecule has 16 heavy (non-hydrogen) atoms. The third-order valence-electron chi connectivity index (χ3n) is 1.67. The maximum Gasteiger partial charge on any atom is 0.339 e. The van der Waals surface area contributed by atoms with E-state index >= 15 is 0 Å². The molecule has 0 radical (unpaired) electrons. The van der Waals surface area contributed by atoms with Crippen molar-refractivity contribution in [3.8, 4) is 12.3 Å². The number of nitrogens with one attached hydrogen (secondary N) is 1. The number of carboxylic acid groups (broad SMARTS) is 1. The highest BCUT2D eigenvalue weighted by atomic mass is 16.6. The first-order valence-electron chi connectivity index (χ1n) is 4.11. The molecule has 1 aromatic rings. The van der Waals surface area contributed by atoms with Gasteiger partial charge in [-0.2, -0.15) is 0 Å². The fraction of sp³-hybridized carbons (Fsp3) is 0.111. The van der Waals surface area contributed by atoms with Gasteiger partial charge in [0.05, 0.1) is 11.5 Å². The second kappa shape index (κ2) is 4.75. The number of terminal acetylenes is 1. The molecule has 0 amide bonds. The maximum absolute atomic E-state index is 10.8. The molecule has 0 spiro atoms. The van der Waals surface area contributed by atoms with E-state index in [1.807, 2.05) is 0 Å². The van der Waals surface area contributed by atoms with Crippen LogP contribution in [0.15, 0.2) is 12.3 Å². The van der Waals surface area contributed by atoms with Crippen LogP contribution in [0.4, 0.5) is 11.5 Å². The lowest BCUT2D eigenvalue weighted by Crippen LogP contribution is -2.09. The van der Waals surface area contributed by atoms with Gasteiger partial charge in [0.1, 0.15) is 17.6 Å². The molecule has 0 saturated carbocycles. The Bertz CT molecular complexity index is 478. The zero-order valence-corrected chi connectivity index (χ0v) is 8.01. The highest BCUT2D eigenvalue weighted by Gasteiger charge is 2.16. The minimum Gasteiger partial charge on any atom is -0.478 e. The Balaban J connectivity index is 3.15. The third kappa shape index (κ3) is 2.45. The first-order valence-corrected chi connectivity index (χ1v) is 4.11. The Morgan fingerprint density at radius 2 is 2.44 bits per heavy atom. The van der Waals surface area contributed by atoms with Crippen LogP contribution >= 0.6 is 0 Å². The first kappa shape index (κ1) is 11.5. The standard InChI is InChI=1S/C9H7N3O4/c1-2-3-10-8-7(9(13)14)4-6(5-11-8)12(15)16/h1,4-5H,3H2,(H,10,11)(H,13,14). The van der Waals surface area contributed by atoms with E-state index in [4.69, 9.17) is 11.5 Å². The Morgan fingerprint density at radius 3 is 2.94 bits per heavy atom. The third-order valence-corrected chi connectivity index (χ3v) is 1.67. The summed E-state index contributed by atoms with van der Waals surface area (Å²) in [5.74, 6) is 0.942. The lowest BCUT2D eigenvalue weighted by atomic mass is 10.2. The van der Waals surface area contributed by atoms with Crippen LogP contribution < -0.4 is 5.32 Å². The maximum atomic E-state index is 10.8. The molecule has 1 aromatic heterocycles. The van der Waals surface area contributed by atoms with Gasteiger partial charge in [0.2, 0.25) is 0 Å². The largest absolute Gasteiger partial charge is 0.478 e. The van der Waals surface area contributed by atoms with Gasteiger partial charge in [0.25, 0.3) is 5.69 Å². The van der Waals surface area contributed by atoms with Gasteiger partial charge in [-0.05, 0) is 0 Å². The molecule has 82 valence electrons. The van der Waals surface area contributed by atoms with E-state index in [9.17, 15) is 14.9 Å². The molecule has 0 unspecified atom stereocenters. The fourth-order valence-corrected chi connectivity index (χ4v) is 0.992. The molecule has 2 N–H and O–H groups in total. The molecule has 0 fully saturated rings. The molecule has 0 saturated heterocycles. The van der Waals surface area contributed by atoms with Crippen LogP contribution in [0.1, 0.15) is 10.4 Å². The van der Waals surface area contributed by atoms with Crippen molar-refractivity contribution < 1.29 is 14.8 Å². The summed E-state index contributed by atoms with van der Waals surface area (Å²) in [4.78, 5) is 24.1. The number of anilines is 1. The number of aromatic carboxylic acids is 1. The van der Waals surface area contributed by atoms with Crippen molar-refractivity contribution >= 4 is 17.5 Å². The lowest BCUT2D eigenvalue weighted by molar-refractivity contribution is -0.385. The van der Waals surface area contributed by atoms with Gasteiger partial charge in [0.15, 0.2) is 0 Å². The van der Waals surface area contributed by atoms with Gasteiger partial charge in [-0.1, -0.05) is 5.92 Å². The molecule has 0 aliphatic carbocycles. The van der Waals surface area contributed by atoms with E-state index < -0.39 is 10.9 Å². The van der Waals surface area contributed by atoms with Gasteiger partial charge >= 0.3 is 5.97 Å². The lowest BCUT2D eigenvalue weighted by Gasteiger charge is -2.04. The van der Waals surface area contributed by atoms with Gasteiger partial charge in [-0.15, -0.1) is 6.42 Å². The van der Waals surface area contributed by atoms with Gasteiger partial charge in [-0.3, -0.25) is 10.1 Å². The Labute approximate surface area is 90.3 Å². The SMILES string of the molecule is C#CCNc1ncc([N+](=O)[O-])cc1C(=O)O. The molecule has 0 aliphatic rings. The second-order valence-corrected chi connectivity index (χ2v) is 2.71. The van der Waals surface area contributed by atoms with E-state index in [1.165, 1.54) is 0 Å². The van der Waals surface area contributed by atoms with Crippen LogP contribution in [0.3, 0.4) is 0 Å². The average Bonchev–Trinajstić information content (AvgIpc) is 2.25. The van der Waals surface area contributed by atoms with E-state index in [0.29, 0.717) is 0 Å². The number of hydrogen-bond donors (Lipinski definition) is 2. The van der Waals surface area contributed by atoms with Crippen molar-refractivity contribution in [2.75, 3.05) is 11.9 Å². The fourth-order valence-electron chi connectivity index (χ4n) is 0.992. The molecule has 0 atom stereocenters. The number of aromatic nitrogens is 1. The molecule has 7 nitrogen and oxygen atoms in total. The predicted molar refractivity (Wildman–Crippen MR) is 55.2 cm³/mol. The van der Waals surface area contributed by atoms with Crippen LogP contribution in [-0.2, 0) is 0 Å². The van der Waals surface area contributed by atoms with E-state index in [-0.39, 0.29) is 23.6 Å². The summed E-state index contributed by atoms with van der Waals surface area (Å²) in [5, 5.41) is 21.8. The van der Waals surface area contributed by atoms with Crippen molar-refractivity contribution in [3.63, 3.8) is 0 Å². The summed E-state index contributed by atoms with van der Waals surface area (Å²) in [6, 6.07) is 0.925. The number of hydrogen-bond acceptors (Lipinski definition) is 5. The van der Waals surface area contributed by atoms with Crippen molar-refractivity contribution in [2.45, 2.75) is 0 Å².